The lowest BCUT2D eigenvalue weighted by Gasteiger charge is -1.96. The van der Waals surface area contributed by atoms with Gasteiger partial charge in [-0.25, -0.2) is 4.52 Å². The fraction of sp³-hybridized carbons (Fsp3) is 0.222. The molecule has 62 valence electrons. The summed E-state index contributed by atoms with van der Waals surface area (Å²) in [4.78, 5) is 0. The van der Waals surface area contributed by atoms with Crippen LogP contribution in [0.2, 0.25) is 0 Å². The minimum absolute atomic E-state index is 0.0486. The van der Waals surface area contributed by atoms with Crippen molar-refractivity contribution in [1.82, 2.24) is 9.61 Å². The average Bonchev–Trinajstić information content (AvgIpc) is 2.46. The molecule has 12 heavy (non-hydrogen) atoms. The SMILES string of the molecule is Cc1ccn2ncc(CO)c2c1. The van der Waals surface area contributed by atoms with E-state index in [0.717, 1.165) is 11.1 Å². The standard InChI is InChI=1S/C9H10N2O/c1-7-2-3-11-9(4-7)8(6-12)5-10-11/h2-5,12H,6H2,1H3. The Hall–Kier alpha value is -1.35. The molecule has 0 saturated heterocycles. The van der Waals surface area contributed by atoms with Crippen molar-refractivity contribution >= 4 is 5.52 Å². The summed E-state index contributed by atoms with van der Waals surface area (Å²) in [6.07, 6.45) is 3.58. The van der Waals surface area contributed by atoms with Crippen LogP contribution in [0, 0.1) is 6.92 Å². The summed E-state index contributed by atoms with van der Waals surface area (Å²) in [7, 11) is 0. The number of rotatable bonds is 1. The zero-order valence-electron chi connectivity index (χ0n) is 6.86. The van der Waals surface area contributed by atoms with Crippen molar-refractivity contribution in [2.75, 3.05) is 0 Å². The van der Waals surface area contributed by atoms with Crippen LogP contribution >= 0.6 is 0 Å². The van der Waals surface area contributed by atoms with Crippen molar-refractivity contribution in [3.8, 4) is 0 Å². The molecule has 3 heteroatoms. The smallest absolute Gasteiger partial charge is 0.0719 e. The summed E-state index contributed by atoms with van der Waals surface area (Å²) in [5, 5.41) is 13.0. The molecule has 1 N–H and O–H groups in total. The van der Waals surface area contributed by atoms with Crippen molar-refractivity contribution in [3.05, 3.63) is 35.7 Å². The third-order valence-electron chi connectivity index (χ3n) is 1.93. The molecule has 0 aliphatic heterocycles. The van der Waals surface area contributed by atoms with E-state index in [0.29, 0.717) is 0 Å². The lowest BCUT2D eigenvalue weighted by atomic mass is 10.2. The molecule has 0 atom stereocenters. The summed E-state index contributed by atoms with van der Waals surface area (Å²) in [5.41, 5.74) is 3.04. The number of pyridine rings is 1. The maximum atomic E-state index is 8.96. The van der Waals surface area contributed by atoms with E-state index in [1.807, 2.05) is 25.3 Å². The molecule has 0 amide bonds. The molecule has 0 fully saturated rings. The number of aryl methyl sites for hydroxylation is 1. The summed E-state index contributed by atoms with van der Waals surface area (Å²) in [6.45, 7) is 2.07. The zero-order valence-corrected chi connectivity index (χ0v) is 6.86. The first-order valence-corrected chi connectivity index (χ1v) is 3.85. The third-order valence-corrected chi connectivity index (χ3v) is 1.93. The zero-order chi connectivity index (χ0) is 8.55. The van der Waals surface area contributed by atoms with Crippen LogP contribution < -0.4 is 0 Å². The van der Waals surface area contributed by atoms with E-state index in [4.69, 9.17) is 5.11 Å². The summed E-state index contributed by atoms with van der Waals surface area (Å²) in [6, 6.07) is 4.00. The Morgan fingerprint density at radius 2 is 2.42 bits per heavy atom. The van der Waals surface area contributed by atoms with E-state index in [-0.39, 0.29) is 6.61 Å². The minimum Gasteiger partial charge on any atom is -0.392 e. The Bertz CT molecular complexity index is 406. The largest absolute Gasteiger partial charge is 0.392 e. The predicted molar refractivity (Wildman–Crippen MR) is 45.9 cm³/mol. The normalized spacial score (nSPS) is 10.8. The van der Waals surface area contributed by atoms with Crippen LogP contribution in [-0.4, -0.2) is 14.7 Å². The molecule has 0 aromatic carbocycles. The van der Waals surface area contributed by atoms with Crippen LogP contribution in [0.5, 0.6) is 0 Å². The van der Waals surface area contributed by atoms with E-state index in [1.165, 1.54) is 5.56 Å². The fourth-order valence-electron chi connectivity index (χ4n) is 1.26. The van der Waals surface area contributed by atoms with E-state index in [2.05, 4.69) is 5.10 Å². The topological polar surface area (TPSA) is 37.5 Å². The van der Waals surface area contributed by atoms with Gasteiger partial charge in [-0.15, -0.1) is 0 Å². The predicted octanol–water partition coefficient (Wildman–Crippen LogP) is 1.14. The molecule has 0 radical (unpaired) electrons. The molecular weight excluding hydrogens is 152 g/mol. The summed E-state index contributed by atoms with van der Waals surface area (Å²) >= 11 is 0. The van der Waals surface area contributed by atoms with Gasteiger partial charge in [0, 0.05) is 11.8 Å². The Morgan fingerprint density at radius 3 is 3.17 bits per heavy atom. The molecule has 0 unspecified atom stereocenters. The van der Waals surface area contributed by atoms with E-state index < -0.39 is 0 Å². The first-order chi connectivity index (χ1) is 5.81. The molecule has 0 spiro atoms. The number of aromatic nitrogens is 2. The second-order valence-electron chi connectivity index (χ2n) is 2.86. The monoisotopic (exact) mass is 162 g/mol. The van der Waals surface area contributed by atoms with Crippen LogP contribution in [0.25, 0.3) is 5.52 Å². The molecule has 0 bridgehead atoms. The highest BCUT2D eigenvalue weighted by Crippen LogP contribution is 2.11. The van der Waals surface area contributed by atoms with Crippen molar-refractivity contribution in [2.24, 2.45) is 0 Å². The van der Waals surface area contributed by atoms with Gasteiger partial charge in [0.2, 0.25) is 0 Å². The number of aliphatic hydroxyl groups is 1. The van der Waals surface area contributed by atoms with E-state index in [9.17, 15) is 0 Å². The average molecular weight is 162 g/mol. The van der Waals surface area contributed by atoms with Crippen molar-refractivity contribution in [3.63, 3.8) is 0 Å². The second-order valence-corrected chi connectivity index (χ2v) is 2.86. The summed E-state index contributed by atoms with van der Waals surface area (Å²) < 4.78 is 1.76. The fourth-order valence-corrected chi connectivity index (χ4v) is 1.26. The van der Waals surface area contributed by atoms with E-state index in [1.54, 1.807) is 10.7 Å². The van der Waals surface area contributed by atoms with Gasteiger partial charge in [-0.2, -0.15) is 5.10 Å². The number of aliphatic hydroxyl groups excluding tert-OH is 1. The third kappa shape index (κ3) is 0.987. The Balaban J connectivity index is 2.75. The molecule has 0 saturated carbocycles. The molecule has 0 aliphatic carbocycles. The number of hydrogen-bond donors (Lipinski definition) is 1. The second kappa shape index (κ2) is 2.60. The van der Waals surface area contributed by atoms with Gasteiger partial charge in [-0.05, 0) is 24.6 Å². The van der Waals surface area contributed by atoms with Crippen molar-refractivity contribution in [2.45, 2.75) is 13.5 Å². The van der Waals surface area contributed by atoms with Crippen LogP contribution in [0.15, 0.2) is 24.5 Å². The Morgan fingerprint density at radius 1 is 1.58 bits per heavy atom. The maximum absolute atomic E-state index is 8.96. The van der Waals surface area contributed by atoms with Gasteiger partial charge < -0.3 is 5.11 Å². The maximum Gasteiger partial charge on any atom is 0.0719 e. The molecular formula is C9H10N2O. The number of fused-ring (bicyclic) bond motifs is 1. The van der Waals surface area contributed by atoms with Gasteiger partial charge in [-0.1, -0.05) is 0 Å². The highest BCUT2D eigenvalue weighted by molar-refractivity contribution is 5.54. The van der Waals surface area contributed by atoms with Crippen LogP contribution in [-0.2, 0) is 6.61 Å². The number of hydrogen-bond acceptors (Lipinski definition) is 2. The van der Waals surface area contributed by atoms with Gasteiger partial charge in [0.15, 0.2) is 0 Å². The first-order valence-electron chi connectivity index (χ1n) is 3.85. The van der Waals surface area contributed by atoms with Gasteiger partial charge in [0.05, 0.1) is 18.3 Å². The molecule has 2 rings (SSSR count). The molecule has 2 heterocycles. The molecule has 2 aromatic heterocycles. The lowest BCUT2D eigenvalue weighted by molar-refractivity contribution is 0.283. The van der Waals surface area contributed by atoms with Crippen molar-refractivity contribution in [1.29, 1.82) is 0 Å². The Kier molecular flexibility index (Phi) is 1.59. The van der Waals surface area contributed by atoms with E-state index >= 15 is 0 Å². The van der Waals surface area contributed by atoms with Crippen LogP contribution in [0.3, 0.4) is 0 Å². The van der Waals surface area contributed by atoms with Crippen molar-refractivity contribution < 1.29 is 5.11 Å². The number of nitrogens with zero attached hydrogens (tertiary/aromatic N) is 2. The Labute approximate surface area is 70.3 Å². The van der Waals surface area contributed by atoms with Gasteiger partial charge in [0.1, 0.15) is 0 Å². The van der Waals surface area contributed by atoms with Gasteiger partial charge >= 0.3 is 0 Å². The summed E-state index contributed by atoms with van der Waals surface area (Å²) in [5.74, 6) is 0. The highest BCUT2D eigenvalue weighted by atomic mass is 16.3. The van der Waals surface area contributed by atoms with Crippen LogP contribution in [0.4, 0.5) is 0 Å². The quantitative estimate of drug-likeness (QED) is 0.682. The first kappa shape index (κ1) is 7.31. The molecule has 2 aromatic rings. The van der Waals surface area contributed by atoms with Gasteiger partial charge in [0.25, 0.3) is 0 Å². The lowest BCUT2D eigenvalue weighted by Crippen LogP contribution is -1.87. The van der Waals surface area contributed by atoms with Gasteiger partial charge in [-0.3, -0.25) is 0 Å². The van der Waals surface area contributed by atoms with Crippen LogP contribution in [0.1, 0.15) is 11.1 Å². The molecule has 0 aliphatic rings. The minimum atomic E-state index is 0.0486. The molecule has 3 nitrogen and oxygen atoms in total. The highest BCUT2D eigenvalue weighted by Gasteiger charge is 2.01.